The van der Waals surface area contributed by atoms with E-state index in [1.807, 2.05) is 24.3 Å². The first kappa shape index (κ1) is 21.3. The molecule has 34 heavy (non-hydrogen) atoms. The molecule has 0 saturated carbocycles. The number of hydrogen-bond acceptors (Lipinski definition) is 4. The fourth-order valence-corrected chi connectivity index (χ4v) is 4.22. The molecular formula is C27H17F2NO4. The van der Waals surface area contributed by atoms with Gasteiger partial charge in [-0.05, 0) is 46.7 Å². The van der Waals surface area contributed by atoms with Gasteiger partial charge in [0.1, 0.15) is 23.1 Å². The number of Topliss-reactive ketones (excluding diaryl/α,β-unsaturated/α-hetero) is 1. The van der Waals surface area contributed by atoms with Crippen molar-refractivity contribution in [2.45, 2.75) is 6.04 Å². The van der Waals surface area contributed by atoms with Crippen LogP contribution in [0.2, 0.25) is 0 Å². The molecule has 0 aromatic heterocycles. The standard InChI is InChI=1S/C27H17F2NO4/c28-19-9-12-22(21(29)14-19)30-24(16-7-10-20(31)11-8-16)23(26(33)27(30)34)25(32)18-6-5-15-3-1-2-4-17(15)13-18/h1-14,24,31-32H/b25-23-. The first-order chi connectivity index (χ1) is 16.3. The Bertz CT molecular complexity index is 1490. The lowest BCUT2D eigenvalue weighted by molar-refractivity contribution is -0.132. The second-order valence-electron chi connectivity index (χ2n) is 7.92. The fraction of sp³-hybridized carbons (Fsp3) is 0.0370. The molecule has 0 bridgehead atoms. The summed E-state index contributed by atoms with van der Waals surface area (Å²) in [6, 6.07) is 19.6. The van der Waals surface area contributed by atoms with Gasteiger partial charge in [0.2, 0.25) is 0 Å². The van der Waals surface area contributed by atoms with E-state index >= 15 is 0 Å². The molecule has 5 rings (SSSR count). The Kier molecular flexibility index (Phi) is 5.09. The highest BCUT2D eigenvalue weighted by atomic mass is 19.1. The molecule has 1 aliphatic heterocycles. The Balaban J connectivity index is 1.74. The van der Waals surface area contributed by atoms with Crippen LogP contribution in [0.15, 0.2) is 90.5 Å². The van der Waals surface area contributed by atoms with Crippen LogP contribution < -0.4 is 4.90 Å². The van der Waals surface area contributed by atoms with Gasteiger partial charge < -0.3 is 10.2 Å². The third-order valence-electron chi connectivity index (χ3n) is 5.85. The van der Waals surface area contributed by atoms with Crippen molar-refractivity contribution < 1.29 is 28.6 Å². The van der Waals surface area contributed by atoms with Crippen molar-refractivity contribution in [2.75, 3.05) is 4.90 Å². The van der Waals surface area contributed by atoms with E-state index in [2.05, 4.69) is 0 Å². The number of aliphatic hydroxyl groups is 1. The number of aromatic hydroxyl groups is 1. The van der Waals surface area contributed by atoms with E-state index in [9.17, 15) is 28.6 Å². The van der Waals surface area contributed by atoms with E-state index in [1.165, 1.54) is 24.3 Å². The largest absolute Gasteiger partial charge is 0.508 e. The summed E-state index contributed by atoms with van der Waals surface area (Å²) in [4.78, 5) is 27.1. The van der Waals surface area contributed by atoms with Crippen molar-refractivity contribution in [1.82, 2.24) is 0 Å². The quantitative estimate of drug-likeness (QED) is 0.244. The van der Waals surface area contributed by atoms with Crippen molar-refractivity contribution >= 4 is 33.9 Å². The third-order valence-corrected chi connectivity index (χ3v) is 5.85. The number of benzene rings is 4. The van der Waals surface area contributed by atoms with Crippen LogP contribution in [0.1, 0.15) is 17.2 Å². The van der Waals surface area contributed by atoms with Crippen LogP contribution in [0.4, 0.5) is 14.5 Å². The topological polar surface area (TPSA) is 77.8 Å². The third kappa shape index (κ3) is 3.47. The average Bonchev–Trinajstić information content (AvgIpc) is 3.09. The molecule has 0 aliphatic carbocycles. The van der Waals surface area contributed by atoms with Gasteiger partial charge in [0, 0.05) is 11.6 Å². The zero-order chi connectivity index (χ0) is 24.0. The van der Waals surface area contributed by atoms with E-state index in [4.69, 9.17) is 0 Å². The number of hydrogen-bond donors (Lipinski definition) is 2. The number of halogens is 2. The molecule has 1 fully saturated rings. The van der Waals surface area contributed by atoms with Crippen LogP contribution in [0.25, 0.3) is 16.5 Å². The summed E-state index contributed by atoms with van der Waals surface area (Å²) in [6.45, 7) is 0. The molecule has 1 amide bonds. The summed E-state index contributed by atoms with van der Waals surface area (Å²) in [5.41, 5.74) is 0.108. The number of nitrogens with zero attached hydrogens (tertiary/aromatic N) is 1. The number of carbonyl (C=O) groups is 2. The molecule has 168 valence electrons. The predicted octanol–water partition coefficient (Wildman–Crippen LogP) is 5.45. The van der Waals surface area contributed by atoms with Gasteiger partial charge in [0.05, 0.1) is 17.3 Å². The van der Waals surface area contributed by atoms with Crippen LogP contribution >= 0.6 is 0 Å². The number of carbonyl (C=O) groups excluding carboxylic acids is 2. The number of fused-ring (bicyclic) bond motifs is 1. The van der Waals surface area contributed by atoms with Crippen LogP contribution in [0, 0.1) is 11.6 Å². The van der Waals surface area contributed by atoms with E-state index in [-0.39, 0.29) is 17.0 Å². The lowest BCUT2D eigenvalue weighted by atomic mass is 9.94. The predicted molar refractivity (Wildman–Crippen MR) is 123 cm³/mol. The summed E-state index contributed by atoms with van der Waals surface area (Å²) in [7, 11) is 0. The zero-order valence-electron chi connectivity index (χ0n) is 17.6. The van der Waals surface area contributed by atoms with Crippen LogP contribution in [-0.2, 0) is 9.59 Å². The molecule has 1 heterocycles. The maximum Gasteiger partial charge on any atom is 0.300 e. The zero-order valence-corrected chi connectivity index (χ0v) is 17.6. The van der Waals surface area contributed by atoms with Crippen molar-refractivity contribution in [1.29, 1.82) is 0 Å². The van der Waals surface area contributed by atoms with E-state index in [1.54, 1.807) is 18.2 Å². The van der Waals surface area contributed by atoms with Crippen LogP contribution in [-0.4, -0.2) is 21.9 Å². The van der Waals surface area contributed by atoms with Crippen molar-refractivity contribution in [3.8, 4) is 5.75 Å². The van der Waals surface area contributed by atoms with Gasteiger partial charge >= 0.3 is 0 Å². The van der Waals surface area contributed by atoms with Crippen LogP contribution in [0.5, 0.6) is 5.75 Å². The normalized spacial score (nSPS) is 17.5. The molecule has 1 aliphatic rings. The van der Waals surface area contributed by atoms with Crippen molar-refractivity contribution in [2.24, 2.45) is 0 Å². The number of amides is 1. The van der Waals surface area contributed by atoms with Crippen molar-refractivity contribution in [3.05, 3.63) is 113 Å². The highest BCUT2D eigenvalue weighted by molar-refractivity contribution is 6.51. The molecule has 0 radical (unpaired) electrons. The molecule has 4 aromatic rings. The summed E-state index contributed by atoms with van der Waals surface area (Å²) >= 11 is 0. The number of aliphatic hydroxyl groups excluding tert-OH is 1. The molecule has 7 heteroatoms. The Hall–Kier alpha value is -4.52. The van der Waals surface area contributed by atoms with Gasteiger partial charge in [-0.2, -0.15) is 0 Å². The molecule has 0 spiro atoms. The highest BCUT2D eigenvalue weighted by Crippen LogP contribution is 2.43. The molecule has 4 aromatic carbocycles. The fourth-order valence-electron chi connectivity index (χ4n) is 4.22. The Morgan fingerprint density at radius 1 is 0.824 bits per heavy atom. The highest BCUT2D eigenvalue weighted by Gasteiger charge is 2.47. The minimum Gasteiger partial charge on any atom is -0.508 e. The van der Waals surface area contributed by atoms with Crippen molar-refractivity contribution in [3.63, 3.8) is 0 Å². The monoisotopic (exact) mass is 457 g/mol. The SMILES string of the molecule is O=C1C(=O)N(c2ccc(F)cc2F)C(c2ccc(O)cc2)/C1=C(/O)c1ccc2ccccc2c1. The number of anilines is 1. The number of rotatable bonds is 3. The molecular weight excluding hydrogens is 440 g/mol. The first-order valence-corrected chi connectivity index (χ1v) is 10.4. The molecule has 5 nitrogen and oxygen atoms in total. The van der Waals surface area contributed by atoms with Gasteiger partial charge in [0.15, 0.2) is 0 Å². The molecule has 1 saturated heterocycles. The summed E-state index contributed by atoms with van der Waals surface area (Å²) in [5.74, 6) is -4.42. The lowest BCUT2D eigenvalue weighted by Crippen LogP contribution is -2.30. The molecule has 1 atom stereocenters. The summed E-state index contributed by atoms with van der Waals surface area (Å²) < 4.78 is 28.3. The second kappa shape index (κ2) is 8.12. The minimum absolute atomic E-state index is 0.0526. The maximum atomic E-state index is 14.7. The maximum absolute atomic E-state index is 14.7. The van der Waals surface area contributed by atoms with Gasteiger partial charge in [-0.3, -0.25) is 14.5 Å². The second-order valence-corrected chi connectivity index (χ2v) is 7.92. The molecule has 1 unspecified atom stereocenters. The number of phenolic OH excluding ortho intramolecular Hbond substituents is 1. The van der Waals surface area contributed by atoms with Gasteiger partial charge in [-0.1, -0.05) is 48.5 Å². The summed E-state index contributed by atoms with van der Waals surface area (Å²) in [6.07, 6.45) is 0. The van der Waals surface area contributed by atoms with Gasteiger partial charge in [-0.25, -0.2) is 8.78 Å². The number of ketones is 1. The first-order valence-electron chi connectivity index (χ1n) is 10.4. The molecule has 2 N–H and O–H groups in total. The Morgan fingerprint density at radius 3 is 2.24 bits per heavy atom. The van der Waals surface area contributed by atoms with Gasteiger partial charge in [0.25, 0.3) is 11.7 Å². The van der Waals surface area contributed by atoms with Gasteiger partial charge in [-0.15, -0.1) is 0 Å². The Labute approximate surface area is 192 Å². The van der Waals surface area contributed by atoms with E-state index in [0.29, 0.717) is 17.2 Å². The van der Waals surface area contributed by atoms with Crippen LogP contribution in [0.3, 0.4) is 0 Å². The lowest BCUT2D eigenvalue weighted by Gasteiger charge is -2.25. The van der Waals surface area contributed by atoms with E-state index < -0.39 is 35.1 Å². The number of phenols is 1. The smallest absolute Gasteiger partial charge is 0.300 e. The average molecular weight is 457 g/mol. The van der Waals surface area contributed by atoms with E-state index in [0.717, 1.165) is 27.8 Å². The summed E-state index contributed by atoms with van der Waals surface area (Å²) in [5, 5.41) is 22.6. The Morgan fingerprint density at radius 2 is 1.53 bits per heavy atom. The minimum atomic E-state index is -1.20.